The number of para-hydroxylation sites is 1. The Hall–Kier alpha value is -2.43. The average Bonchev–Trinajstić information content (AvgIpc) is 3.04. The lowest BCUT2D eigenvalue weighted by atomic mass is 10.3. The van der Waals surface area contributed by atoms with Crippen molar-refractivity contribution in [1.82, 2.24) is 0 Å². The van der Waals surface area contributed by atoms with E-state index in [9.17, 15) is 9.59 Å². The van der Waals surface area contributed by atoms with Crippen molar-refractivity contribution in [2.75, 3.05) is 15.5 Å². The van der Waals surface area contributed by atoms with E-state index in [0.717, 1.165) is 19.8 Å². The summed E-state index contributed by atoms with van der Waals surface area (Å²) in [5, 5.41) is 6.34. The van der Waals surface area contributed by atoms with Crippen LogP contribution in [0.5, 0.6) is 0 Å². The lowest BCUT2D eigenvalue weighted by molar-refractivity contribution is -0.121. The van der Waals surface area contributed by atoms with Gasteiger partial charge in [0.25, 0.3) is 0 Å². The topological polar surface area (TPSA) is 61.4 Å². The van der Waals surface area contributed by atoms with Gasteiger partial charge in [-0.1, -0.05) is 18.2 Å². The summed E-state index contributed by atoms with van der Waals surface area (Å²) in [6.45, 7) is 0. The minimum Gasteiger partial charge on any atom is -0.332 e. The summed E-state index contributed by atoms with van der Waals surface area (Å²) >= 11 is 8.95. The first kappa shape index (κ1) is 21.8. The highest BCUT2D eigenvalue weighted by Gasteiger charge is 2.40. The molecule has 31 heavy (non-hydrogen) atoms. The van der Waals surface area contributed by atoms with Gasteiger partial charge in [-0.2, -0.15) is 0 Å². The van der Waals surface area contributed by atoms with Crippen LogP contribution in [0.3, 0.4) is 0 Å². The molecule has 0 radical (unpaired) electrons. The van der Waals surface area contributed by atoms with Crippen LogP contribution in [0.25, 0.3) is 0 Å². The summed E-state index contributed by atoms with van der Waals surface area (Å²) in [4.78, 5) is 27.5. The lowest BCUT2D eigenvalue weighted by Crippen LogP contribution is -2.31. The molecule has 1 aliphatic rings. The van der Waals surface area contributed by atoms with E-state index in [1.807, 2.05) is 66.7 Å². The number of anilines is 3. The molecule has 1 aliphatic heterocycles. The van der Waals surface area contributed by atoms with E-state index in [1.54, 1.807) is 12.1 Å². The van der Waals surface area contributed by atoms with Gasteiger partial charge in [0.1, 0.15) is 0 Å². The van der Waals surface area contributed by atoms with Crippen LogP contribution in [0.15, 0.2) is 83.8 Å². The zero-order valence-corrected chi connectivity index (χ0v) is 20.0. The zero-order valence-electron chi connectivity index (χ0n) is 16.2. The van der Waals surface area contributed by atoms with Gasteiger partial charge in [0.15, 0.2) is 5.11 Å². The predicted octanol–water partition coefficient (Wildman–Crippen LogP) is 5.52. The molecule has 1 heterocycles. The van der Waals surface area contributed by atoms with E-state index >= 15 is 0 Å². The number of rotatable bonds is 5. The highest BCUT2D eigenvalue weighted by molar-refractivity contribution is 14.1. The van der Waals surface area contributed by atoms with Crippen LogP contribution in [-0.2, 0) is 9.59 Å². The molecule has 1 fully saturated rings. The molecule has 1 saturated heterocycles. The molecule has 1 atom stereocenters. The smallest absolute Gasteiger partial charge is 0.247 e. The largest absolute Gasteiger partial charge is 0.332 e. The molecule has 2 N–H and O–H groups in total. The fourth-order valence-corrected chi connectivity index (χ4v) is 4.80. The van der Waals surface area contributed by atoms with Crippen LogP contribution in [0.1, 0.15) is 6.42 Å². The number of benzene rings is 3. The predicted molar refractivity (Wildman–Crippen MR) is 139 cm³/mol. The molecule has 0 aromatic heterocycles. The fraction of sp³-hybridized carbons (Fsp3) is 0.0870. The third-order valence-corrected chi connectivity index (χ3v) is 6.73. The Bertz CT molecular complexity index is 1110. The Balaban J connectivity index is 1.36. The second-order valence-electron chi connectivity index (χ2n) is 6.82. The maximum Gasteiger partial charge on any atom is 0.247 e. The molecule has 3 aromatic carbocycles. The van der Waals surface area contributed by atoms with Crippen molar-refractivity contribution in [2.45, 2.75) is 16.6 Å². The number of nitrogens with one attached hydrogen (secondary N) is 2. The van der Waals surface area contributed by atoms with E-state index in [0.29, 0.717) is 10.8 Å². The third-order valence-electron chi connectivity index (χ3n) is 4.61. The van der Waals surface area contributed by atoms with Crippen molar-refractivity contribution in [2.24, 2.45) is 0 Å². The second kappa shape index (κ2) is 9.80. The van der Waals surface area contributed by atoms with Crippen molar-refractivity contribution in [1.29, 1.82) is 0 Å². The van der Waals surface area contributed by atoms with Crippen molar-refractivity contribution in [3.63, 3.8) is 0 Å². The first-order valence-corrected chi connectivity index (χ1v) is 11.9. The van der Waals surface area contributed by atoms with Crippen LogP contribution in [0, 0.1) is 3.57 Å². The number of thiocarbonyl (C=S) groups is 1. The summed E-state index contributed by atoms with van der Waals surface area (Å²) in [6, 6.07) is 24.7. The number of carbonyl (C=O) groups is 2. The average molecular weight is 559 g/mol. The van der Waals surface area contributed by atoms with Gasteiger partial charge in [0, 0.05) is 26.3 Å². The van der Waals surface area contributed by atoms with E-state index in [1.165, 1.54) is 16.7 Å². The number of thioether (sulfide) groups is 1. The maximum atomic E-state index is 12.8. The number of imide groups is 1. The van der Waals surface area contributed by atoms with Crippen molar-refractivity contribution < 1.29 is 9.59 Å². The Labute approximate surface area is 203 Å². The van der Waals surface area contributed by atoms with Gasteiger partial charge in [-0.3, -0.25) is 9.59 Å². The monoisotopic (exact) mass is 559 g/mol. The van der Waals surface area contributed by atoms with Gasteiger partial charge < -0.3 is 10.6 Å². The highest BCUT2D eigenvalue weighted by atomic mass is 127. The first-order valence-electron chi connectivity index (χ1n) is 9.52. The van der Waals surface area contributed by atoms with Gasteiger partial charge in [-0.25, -0.2) is 4.90 Å². The van der Waals surface area contributed by atoms with Crippen molar-refractivity contribution >= 4 is 80.6 Å². The molecule has 156 valence electrons. The maximum absolute atomic E-state index is 12.8. The minimum absolute atomic E-state index is 0.167. The second-order valence-corrected chi connectivity index (χ2v) is 9.75. The molecule has 5 nitrogen and oxygen atoms in total. The molecular weight excluding hydrogens is 541 g/mol. The summed E-state index contributed by atoms with van der Waals surface area (Å²) in [5.41, 5.74) is 2.37. The van der Waals surface area contributed by atoms with Gasteiger partial charge in [0.2, 0.25) is 11.8 Å². The molecule has 4 rings (SSSR count). The van der Waals surface area contributed by atoms with E-state index in [2.05, 4.69) is 33.2 Å². The third kappa shape index (κ3) is 5.44. The van der Waals surface area contributed by atoms with Crippen LogP contribution in [0.2, 0.25) is 0 Å². The Morgan fingerprint density at radius 2 is 1.52 bits per heavy atom. The molecule has 0 unspecified atom stereocenters. The lowest BCUT2D eigenvalue weighted by Gasteiger charge is -2.15. The highest BCUT2D eigenvalue weighted by Crippen LogP contribution is 2.34. The summed E-state index contributed by atoms with van der Waals surface area (Å²) in [7, 11) is 0. The van der Waals surface area contributed by atoms with Gasteiger partial charge in [-0.15, -0.1) is 11.8 Å². The molecular formula is C23H18IN3O2S2. The number of hydrogen-bond donors (Lipinski definition) is 2. The molecule has 8 heteroatoms. The Kier molecular flexibility index (Phi) is 6.89. The molecule has 0 aliphatic carbocycles. The van der Waals surface area contributed by atoms with Crippen LogP contribution < -0.4 is 15.5 Å². The molecule has 0 spiro atoms. The quantitative estimate of drug-likeness (QED) is 0.244. The van der Waals surface area contributed by atoms with E-state index < -0.39 is 5.25 Å². The SMILES string of the molecule is O=C1C[C@H](Sc2ccc(NC(=S)Nc3ccccc3)cc2)C(=O)N1c1ccc(I)cc1. The van der Waals surface area contributed by atoms with E-state index in [4.69, 9.17) is 12.2 Å². The molecule has 2 amide bonds. The molecule has 0 saturated carbocycles. The first-order chi connectivity index (χ1) is 15.0. The van der Waals surface area contributed by atoms with Gasteiger partial charge >= 0.3 is 0 Å². The van der Waals surface area contributed by atoms with Crippen LogP contribution in [0.4, 0.5) is 17.1 Å². The van der Waals surface area contributed by atoms with Gasteiger partial charge in [0.05, 0.1) is 10.9 Å². The summed E-state index contributed by atoms with van der Waals surface area (Å²) < 4.78 is 1.05. The molecule has 0 bridgehead atoms. The number of halogens is 1. The summed E-state index contributed by atoms with van der Waals surface area (Å²) in [6.07, 6.45) is 0.195. The standard InChI is InChI=1S/C23H18IN3O2S2/c24-15-6-10-18(11-7-15)27-21(28)14-20(22(27)29)31-19-12-8-17(9-13-19)26-23(30)25-16-4-2-1-3-5-16/h1-13,20H,14H2,(H2,25,26,30)/t20-/m0/s1. The normalized spacial score (nSPS) is 15.8. The number of hydrogen-bond acceptors (Lipinski definition) is 4. The number of carbonyl (C=O) groups excluding carboxylic acids is 2. The Morgan fingerprint density at radius 1 is 0.903 bits per heavy atom. The van der Waals surface area contributed by atoms with Gasteiger partial charge in [-0.05, 0) is 95.5 Å². The minimum atomic E-state index is -0.425. The molecule has 3 aromatic rings. The number of nitrogens with zero attached hydrogens (tertiary/aromatic N) is 1. The van der Waals surface area contributed by atoms with Crippen molar-refractivity contribution in [3.05, 3.63) is 82.4 Å². The van der Waals surface area contributed by atoms with E-state index in [-0.39, 0.29) is 18.2 Å². The van der Waals surface area contributed by atoms with Crippen LogP contribution in [-0.4, -0.2) is 22.2 Å². The Morgan fingerprint density at radius 3 is 2.16 bits per heavy atom. The fourth-order valence-electron chi connectivity index (χ4n) is 3.15. The van der Waals surface area contributed by atoms with Crippen LogP contribution >= 0.6 is 46.6 Å². The summed E-state index contributed by atoms with van der Waals surface area (Å²) in [5.74, 6) is -0.342. The van der Waals surface area contributed by atoms with Crippen molar-refractivity contribution in [3.8, 4) is 0 Å². The zero-order chi connectivity index (χ0) is 21.8. The number of amides is 2.